The molecule has 1 atom stereocenters. The van der Waals surface area contributed by atoms with E-state index < -0.39 is 34.4 Å². The molecule has 0 aliphatic carbocycles. The second-order valence-electron chi connectivity index (χ2n) is 7.91. The third kappa shape index (κ3) is 4.56. The number of amides is 1. The number of hydrogen-bond acceptors (Lipinski definition) is 8. The number of non-ortho nitro benzene ring substituents is 1. The fourth-order valence-electron chi connectivity index (χ4n) is 3.87. The Labute approximate surface area is 205 Å². The lowest BCUT2D eigenvalue weighted by molar-refractivity contribution is -0.384. The molecular formula is C26H21N3O7. The van der Waals surface area contributed by atoms with E-state index in [4.69, 9.17) is 4.74 Å². The van der Waals surface area contributed by atoms with E-state index in [1.54, 1.807) is 18.2 Å². The number of rotatable bonds is 7. The Hall–Kier alpha value is -4.86. The number of ether oxygens (including phenoxy) is 1. The Bertz CT molecular complexity index is 1370. The molecule has 1 aliphatic rings. The summed E-state index contributed by atoms with van der Waals surface area (Å²) in [5.74, 6) is -2.97. The van der Waals surface area contributed by atoms with Gasteiger partial charge in [-0.05, 0) is 42.8 Å². The van der Waals surface area contributed by atoms with Crippen molar-refractivity contribution in [1.29, 1.82) is 0 Å². The van der Waals surface area contributed by atoms with Crippen molar-refractivity contribution in [2.75, 3.05) is 11.5 Å². The van der Waals surface area contributed by atoms with Crippen LogP contribution in [0.15, 0.2) is 78.5 Å². The Morgan fingerprint density at radius 3 is 2.47 bits per heavy atom. The van der Waals surface area contributed by atoms with E-state index in [9.17, 15) is 29.6 Å². The third-order valence-electron chi connectivity index (χ3n) is 5.56. The van der Waals surface area contributed by atoms with Crippen LogP contribution in [0, 0.1) is 10.1 Å². The van der Waals surface area contributed by atoms with Gasteiger partial charge in [0.1, 0.15) is 11.8 Å². The number of hydrogen-bond donors (Lipinski definition) is 1. The first-order valence-corrected chi connectivity index (χ1v) is 11.1. The summed E-state index contributed by atoms with van der Waals surface area (Å²) in [7, 11) is 0. The average molecular weight is 487 g/mol. The van der Waals surface area contributed by atoms with E-state index in [0.717, 1.165) is 6.07 Å². The molecule has 2 heterocycles. The molecule has 182 valence electrons. The Morgan fingerprint density at radius 2 is 1.83 bits per heavy atom. The van der Waals surface area contributed by atoms with E-state index in [2.05, 4.69) is 4.98 Å². The van der Waals surface area contributed by atoms with Crippen LogP contribution in [0.3, 0.4) is 0 Å². The van der Waals surface area contributed by atoms with E-state index in [1.807, 2.05) is 6.92 Å². The third-order valence-corrected chi connectivity index (χ3v) is 5.56. The summed E-state index contributed by atoms with van der Waals surface area (Å²) in [5, 5.41) is 22.3. The molecule has 0 radical (unpaired) electrons. The van der Waals surface area contributed by atoms with Crippen molar-refractivity contribution in [1.82, 2.24) is 4.98 Å². The maximum Gasteiger partial charge on any atom is 0.338 e. The van der Waals surface area contributed by atoms with Gasteiger partial charge in [-0.15, -0.1) is 0 Å². The van der Waals surface area contributed by atoms with Crippen molar-refractivity contribution in [3.05, 3.63) is 105 Å². The van der Waals surface area contributed by atoms with E-state index in [1.165, 1.54) is 53.6 Å². The van der Waals surface area contributed by atoms with Crippen molar-refractivity contribution in [2.45, 2.75) is 19.4 Å². The second kappa shape index (κ2) is 10.2. The Balaban J connectivity index is 1.82. The fraction of sp³-hybridized carbons (Fsp3) is 0.154. The van der Waals surface area contributed by atoms with Gasteiger partial charge in [0.15, 0.2) is 0 Å². The van der Waals surface area contributed by atoms with Crippen molar-refractivity contribution in [3.63, 3.8) is 0 Å². The summed E-state index contributed by atoms with van der Waals surface area (Å²) in [6.07, 6.45) is 2.15. The maximum atomic E-state index is 13.2. The molecule has 1 aromatic heterocycles. The molecule has 2 aromatic carbocycles. The van der Waals surface area contributed by atoms with Gasteiger partial charge < -0.3 is 9.84 Å². The number of aliphatic hydroxyl groups is 1. The topological polar surface area (TPSA) is 140 Å². The van der Waals surface area contributed by atoms with Crippen LogP contribution < -0.4 is 4.90 Å². The molecule has 4 rings (SSSR count). The SMILES string of the molecule is CCCOC(=O)c1ccc(N2C(=O)C(=O)/C(=C(\O)c3cccc([N+](=O)[O-])c3)C2c2ccccn2)cc1. The zero-order chi connectivity index (χ0) is 25.8. The van der Waals surface area contributed by atoms with Crippen molar-refractivity contribution < 1.29 is 29.2 Å². The van der Waals surface area contributed by atoms with Gasteiger partial charge in [0.05, 0.1) is 28.4 Å². The minimum atomic E-state index is -1.11. The predicted molar refractivity (Wildman–Crippen MR) is 129 cm³/mol. The number of nitrogens with zero attached hydrogens (tertiary/aromatic N) is 3. The number of nitro benzene ring substituents is 1. The quantitative estimate of drug-likeness (QED) is 0.131. The summed E-state index contributed by atoms with van der Waals surface area (Å²) >= 11 is 0. The first kappa shape index (κ1) is 24.3. The molecule has 0 saturated carbocycles. The lowest BCUT2D eigenvalue weighted by atomic mass is 9.98. The van der Waals surface area contributed by atoms with E-state index in [0.29, 0.717) is 12.1 Å². The molecule has 10 heteroatoms. The summed E-state index contributed by atoms with van der Waals surface area (Å²) in [6.45, 7) is 2.14. The molecule has 1 aliphatic heterocycles. The molecule has 1 fully saturated rings. The van der Waals surface area contributed by atoms with Gasteiger partial charge in [-0.2, -0.15) is 0 Å². The maximum absolute atomic E-state index is 13.2. The van der Waals surface area contributed by atoms with E-state index >= 15 is 0 Å². The summed E-state index contributed by atoms with van der Waals surface area (Å²) in [5.41, 5.74) is 0.332. The lowest BCUT2D eigenvalue weighted by Crippen LogP contribution is -2.29. The molecule has 0 spiro atoms. The normalized spacial score (nSPS) is 16.7. The van der Waals surface area contributed by atoms with Crippen molar-refractivity contribution >= 4 is 34.8 Å². The molecular weight excluding hydrogens is 466 g/mol. The van der Waals surface area contributed by atoms with Crippen molar-refractivity contribution in [3.8, 4) is 0 Å². The smallest absolute Gasteiger partial charge is 0.338 e. The highest BCUT2D eigenvalue weighted by molar-refractivity contribution is 6.51. The minimum Gasteiger partial charge on any atom is -0.507 e. The van der Waals surface area contributed by atoms with Crippen molar-refractivity contribution in [2.24, 2.45) is 0 Å². The standard InChI is InChI=1S/C26H21N3O7/c1-2-14-36-26(33)16-9-11-18(12-10-16)28-22(20-8-3-4-13-27-20)21(24(31)25(28)32)23(30)17-6-5-7-19(15-17)29(34)35/h3-13,15,22,30H,2,14H2,1H3/b23-21-. The van der Waals surface area contributed by atoms with Gasteiger partial charge in [-0.25, -0.2) is 4.79 Å². The van der Waals surface area contributed by atoms with Crippen LogP contribution in [-0.2, 0) is 14.3 Å². The molecule has 10 nitrogen and oxygen atoms in total. The molecule has 1 N–H and O–H groups in total. The van der Waals surface area contributed by atoms with Crippen LogP contribution in [0.5, 0.6) is 0 Å². The monoisotopic (exact) mass is 487 g/mol. The summed E-state index contributed by atoms with van der Waals surface area (Å²) < 4.78 is 5.12. The number of aliphatic hydroxyl groups excluding tert-OH is 1. The Kier molecular flexibility index (Phi) is 6.86. The first-order valence-electron chi connectivity index (χ1n) is 11.1. The van der Waals surface area contributed by atoms with Crippen LogP contribution in [0.25, 0.3) is 5.76 Å². The highest BCUT2D eigenvalue weighted by Gasteiger charge is 2.47. The highest BCUT2D eigenvalue weighted by Crippen LogP contribution is 2.41. The lowest BCUT2D eigenvalue weighted by Gasteiger charge is -2.24. The number of pyridine rings is 1. The van der Waals surface area contributed by atoms with Gasteiger partial charge >= 0.3 is 5.97 Å². The first-order chi connectivity index (χ1) is 17.3. The predicted octanol–water partition coefficient (Wildman–Crippen LogP) is 4.18. The van der Waals surface area contributed by atoms with Gasteiger partial charge in [-0.3, -0.25) is 29.6 Å². The van der Waals surface area contributed by atoms with Crippen LogP contribution in [0.1, 0.15) is 41.0 Å². The fourth-order valence-corrected chi connectivity index (χ4v) is 3.87. The number of anilines is 1. The van der Waals surface area contributed by atoms with Crippen LogP contribution in [-0.4, -0.2) is 39.3 Å². The van der Waals surface area contributed by atoms with E-state index in [-0.39, 0.29) is 34.7 Å². The molecule has 1 saturated heterocycles. The highest BCUT2D eigenvalue weighted by atomic mass is 16.6. The Morgan fingerprint density at radius 1 is 1.08 bits per heavy atom. The van der Waals surface area contributed by atoms with Crippen LogP contribution in [0.4, 0.5) is 11.4 Å². The number of aromatic nitrogens is 1. The molecule has 0 bridgehead atoms. The zero-order valence-corrected chi connectivity index (χ0v) is 19.2. The van der Waals surface area contributed by atoms with Gasteiger partial charge in [-0.1, -0.05) is 25.1 Å². The number of benzene rings is 2. The summed E-state index contributed by atoms with van der Waals surface area (Å²) in [6, 6.07) is 14.9. The molecule has 3 aromatic rings. The number of carbonyl (C=O) groups excluding carboxylic acids is 3. The largest absolute Gasteiger partial charge is 0.507 e. The van der Waals surface area contributed by atoms with Gasteiger partial charge in [0, 0.05) is 29.6 Å². The minimum absolute atomic E-state index is 0.0112. The number of carbonyl (C=O) groups is 3. The molecule has 1 unspecified atom stereocenters. The number of Topliss-reactive ketones (excluding diaryl/α,β-unsaturated/α-hetero) is 1. The zero-order valence-electron chi connectivity index (χ0n) is 19.2. The summed E-state index contributed by atoms with van der Waals surface area (Å²) in [4.78, 5) is 54.5. The van der Waals surface area contributed by atoms with Gasteiger partial charge in [0.2, 0.25) is 0 Å². The second-order valence-corrected chi connectivity index (χ2v) is 7.91. The molecule has 1 amide bonds. The van der Waals surface area contributed by atoms with Crippen LogP contribution >= 0.6 is 0 Å². The number of nitro groups is 1. The van der Waals surface area contributed by atoms with Crippen LogP contribution in [0.2, 0.25) is 0 Å². The number of esters is 1. The average Bonchev–Trinajstić information content (AvgIpc) is 3.17. The number of ketones is 1. The van der Waals surface area contributed by atoms with Gasteiger partial charge in [0.25, 0.3) is 17.4 Å². The molecule has 36 heavy (non-hydrogen) atoms.